The lowest BCUT2D eigenvalue weighted by Gasteiger charge is -2.11. The topological polar surface area (TPSA) is 53.2 Å². The molecule has 0 bridgehead atoms. The first-order chi connectivity index (χ1) is 12.6. The summed E-state index contributed by atoms with van der Waals surface area (Å²) in [7, 11) is 0. The number of hydrogen-bond acceptors (Lipinski definition) is 3. The van der Waals surface area contributed by atoms with E-state index >= 15 is 0 Å². The van der Waals surface area contributed by atoms with Gasteiger partial charge in [0.05, 0.1) is 0 Å². The fraction of sp³-hybridized carbons (Fsp3) is 0.0476. The monoisotopic (exact) mass is 361 g/mol. The lowest BCUT2D eigenvalue weighted by molar-refractivity contribution is 0.0977. The van der Waals surface area contributed by atoms with Crippen molar-refractivity contribution in [3.05, 3.63) is 90.0 Å². The molecule has 3 aromatic rings. The summed E-state index contributed by atoms with van der Waals surface area (Å²) in [5.74, 6) is -0.228. The molecular formula is C21H19N3OS. The van der Waals surface area contributed by atoms with Gasteiger partial charge >= 0.3 is 0 Å². The molecule has 3 rings (SSSR count). The van der Waals surface area contributed by atoms with E-state index in [9.17, 15) is 4.79 Å². The number of hydrogen-bond donors (Lipinski definition) is 3. The van der Waals surface area contributed by atoms with Gasteiger partial charge in [-0.1, -0.05) is 35.9 Å². The van der Waals surface area contributed by atoms with Crippen molar-refractivity contribution in [1.82, 2.24) is 5.32 Å². The maximum Gasteiger partial charge on any atom is 0.257 e. The molecule has 130 valence electrons. The Morgan fingerprint density at radius 3 is 2.15 bits per heavy atom. The van der Waals surface area contributed by atoms with Gasteiger partial charge in [-0.05, 0) is 67.7 Å². The molecule has 0 aliphatic carbocycles. The van der Waals surface area contributed by atoms with E-state index in [-0.39, 0.29) is 11.0 Å². The highest BCUT2D eigenvalue weighted by Crippen LogP contribution is 2.18. The Bertz CT molecular complexity index is 908. The summed E-state index contributed by atoms with van der Waals surface area (Å²) in [6, 6.07) is 25.0. The fourth-order valence-corrected chi connectivity index (χ4v) is 2.66. The largest absolute Gasteiger partial charge is 0.356 e. The molecule has 0 heterocycles. The first-order valence-corrected chi connectivity index (χ1v) is 8.62. The fourth-order valence-electron chi connectivity index (χ4n) is 2.45. The van der Waals surface area contributed by atoms with E-state index in [4.69, 9.17) is 12.2 Å². The highest BCUT2D eigenvalue weighted by atomic mass is 32.1. The molecule has 4 nitrogen and oxygen atoms in total. The molecule has 0 unspecified atom stereocenters. The Hall–Kier alpha value is -3.18. The van der Waals surface area contributed by atoms with Gasteiger partial charge in [-0.3, -0.25) is 10.1 Å². The summed E-state index contributed by atoms with van der Waals surface area (Å²) < 4.78 is 0. The molecule has 0 fully saturated rings. The Morgan fingerprint density at radius 1 is 0.808 bits per heavy atom. The molecule has 0 aromatic heterocycles. The van der Waals surface area contributed by atoms with E-state index < -0.39 is 0 Å². The van der Waals surface area contributed by atoms with Crippen LogP contribution in [0.25, 0.3) is 0 Å². The summed E-state index contributed by atoms with van der Waals surface area (Å²) in [4.78, 5) is 12.2. The van der Waals surface area contributed by atoms with E-state index in [0.717, 1.165) is 22.6 Å². The predicted molar refractivity (Wildman–Crippen MR) is 111 cm³/mol. The Morgan fingerprint density at radius 2 is 1.46 bits per heavy atom. The van der Waals surface area contributed by atoms with Crippen LogP contribution in [0, 0.1) is 6.92 Å². The second kappa shape index (κ2) is 8.27. The third-order valence-corrected chi connectivity index (χ3v) is 3.92. The van der Waals surface area contributed by atoms with Gasteiger partial charge in [-0.15, -0.1) is 0 Å². The Kier molecular flexibility index (Phi) is 5.61. The van der Waals surface area contributed by atoms with Crippen LogP contribution in [0.3, 0.4) is 0 Å². The predicted octanol–water partition coefficient (Wildman–Crippen LogP) is 4.87. The molecular weight excluding hydrogens is 342 g/mol. The zero-order valence-electron chi connectivity index (χ0n) is 14.3. The molecule has 3 N–H and O–H groups in total. The zero-order valence-corrected chi connectivity index (χ0v) is 15.1. The lowest BCUT2D eigenvalue weighted by Crippen LogP contribution is -2.34. The normalized spacial score (nSPS) is 10.0. The van der Waals surface area contributed by atoms with Crippen molar-refractivity contribution in [1.29, 1.82) is 0 Å². The van der Waals surface area contributed by atoms with Crippen LogP contribution in [-0.4, -0.2) is 11.0 Å². The van der Waals surface area contributed by atoms with Gasteiger partial charge in [0.15, 0.2) is 5.11 Å². The van der Waals surface area contributed by atoms with E-state index in [1.165, 1.54) is 0 Å². The van der Waals surface area contributed by atoms with Crippen LogP contribution in [0.2, 0.25) is 0 Å². The van der Waals surface area contributed by atoms with Crippen LogP contribution in [0.4, 0.5) is 17.1 Å². The molecule has 3 aromatic carbocycles. The van der Waals surface area contributed by atoms with Crippen molar-refractivity contribution in [2.45, 2.75) is 6.92 Å². The van der Waals surface area contributed by atoms with Gasteiger partial charge in [-0.2, -0.15) is 0 Å². The standard InChI is InChI=1S/C21H19N3OS/c1-15-6-5-7-16(14-15)20(25)24-21(26)23-19-12-10-18(11-13-19)22-17-8-3-2-4-9-17/h2-14,22H,1H3,(H2,23,24,25,26). The quantitative estimate of drug-likeness (QED) is 0.581. The third kappa shape index (κ3) is 4.91. The summed E-state index contributed by atoms with van der Waals surface area (Å²) in [6.07, 6.45) is 0. The number of rotatable bonds is 4. The number of anilines is 3. The molecule has 0 saturated carbocycles. The highest BCUT2D eigenvalue weighted by Gasteiger charge is 2.08. The number of benzene rings is 3. The molecule has 1 amide bonds. The minimum Gasteiger partial charge on any atom is -0.356 e. The van der Waals surface area contributed by atoms with Crippen molar-refractivity contribution in [3.63, 3.8) is 0 Å². The van der Waals surface area contributed by atoms with Crippen molar-refractivity contribution in [2.24, 2.45) is 0 Å². The molecule has 0 saturated heterocycles. The first-order valence-electron chi connectivity index (χ1n) is 8.21. The average Bonchev–Trinajstić information content (AvgIpc) is 2.64. The number of nitrogens with one attached hydrogen (secondary N) is 3. The van der Waals surface area contributed by atoms with Crippen LogP contribution < -0.4 is 16.0 Å². The second-order valence-electron chi connectivity index (χ2n) is 5.85. The van der Waals surface area contributed by atoms with E-state index in [2.05, 4.69) is 16.0 Å². The molecule has 0 atom stereocenters. The van der Waals surface area contributed by atoms with Crippen molar-refractivity contribution in [2.75, 3.05) is 10.6 Å². The van der Waals surface area contributed by atoms with Gasteiger partial charge < -0.3 is 10.6 Å². The lowest BCUT2D eigenvalue weighted by atomic mass is 10.1. The number of carbonyl (C=O) groups is 1. The third-order valence-electron chi connectivity index (χ3n) is 3.71. The van der Waals surface area contributed by atoms with E-state index in [0.29, 0.717) is 5.56 Å². The van der Waals surface area contributed by atoms with Crippen molar-refractivity contribution in [3.8, 4) is 0 Å². The minimum atomic E-state index is -0.228. The molecule has 0 radical (unpaired) electrons. The van der Waals surface area contributed by atoms with Crippen LogP contribution in [0.15, 0.2) is 78.9 Å². The maximum atomic E-state index is 12.2. The number of thiocarbonyl (C=S) groups is 1. The average molecular weight is 361 g/mol. The van der Waals surface area contributed by atoms with Crippen LogP contribution in [0.1, 0.15) is 15.9 Å². The number of amides is 1. The van der Waals surface area contributed by atoms with Crippen molar-refractivity contribution < 1.29 is 4.79 Å². The maximum absolute atomic E-state index is 12.2. The number of carbonyl (C=O) groups excluding carboxylic acids is 1. The van der Waals surface area contributed by atoms with Gasteiger partial charge in [-0.25, -0.2) is 0 Å². The first kappa shape index (κ1) is 17.6. The highest BCUT2D eigenvalue weighted by molar-refractivity contribution is 7.80. The van der Waals surface area contributed by atoms with Gasteiger partial charge in [0.1, 0.15) is 0 Å². The number of para-hydroxylation sites is 1. The Labute approximate surface area is 158 Å². The SMILES string of the molecule is Cc1cccc(C(=O)NC(=S)Nc2ccc(Nc3ccccc3)cc2)c1. The summed E-state index contributed by atoms with van der Waals surface area (Å²) in [5, 5.41) is 9.29. The van der Waals surface area contributed by atoms with Crippen LogP contribution >= 0.6 is 12.2 Å². The summed E-state index contributed by atoms with van der Waals surface area (Å²) in [5.41, 5.74) is 4.40. The summed E-state index contributed by atoms with van der Waals surface area (Å²) in [6.45, 7) is 1.94. The summed E-state index contributed by atoms with van der Waals surface area (Å²) >= 11 is 5.22. The van der Waals surface area contributed by atoms with Crippen LogP contribution in [0.5, 0.6) is 0 Å². The second-order valence-corrected chi connectivity index (χ2v) is 6.25. The van der Waals surface area contributed by atoms with Gasteiger partial charge in [0.2, 0.25) is 0 Å². The van der Waals surface area contributed by atoms with Gasteiger partial charge in [0, 0.05) is 22.6 Å². The minimum absolute atomic E-state index is 0.228. The van der Waals surface area contributed by atoms with Crippen molar-refractivity contribution >= 4 is 40.3 Å². The smallest absolute Gasteiger partial charge is 0.257 e. The Balaban J connectivity index is 1.56. The van der Waals surface area contributed by atoms with E-state index in [1.54, 1.807) is 6.07 Å². The number of aryl methyl sites for hydroxylation is 1. The molecule has 26 heavy (non-hydrogen) atoms. The van der Waals surface area contributed by atoms with E-state index in [1.807, 2.05) is 79.7 Å². The molecule has 0 spiro atoms. The van der Waals surface area contributed by atoms with Gasteiger partial charge in [0.25, 0.3) is 5.91 Å². The zero-order chi connectivity index (χ0) is 18.4. The van der Waals surface area contributed by atoms with Crippen LogP contribution in [-0.2, 0) is 0 Å². The molecule has 0 aliphatic heterocycles. The molecule has 0 aliphatic rings. The molecule has 5 heteroatoms.